The zero-order chi connectivity index (χ0) is 27.3. The highest BCUT2D eigenvalue weighted by molar-refractivity contribution is 5.93. The number of pyridine rings is 1. The summed E-state index contributed by atoms with van der Waals surface area (Å²) in [5.41, 5.74) is 6.62. The molecule has 2 atom stereocenters. The molecule has 1 saturated heterocycles. The molecule has 1 unspecified atom stereocenters. The van der Waals surface area contributed by atoms with E-state index in [9.17, 15) is 14.4 Å². The topological polar surface area (TPSA) is 130 Å². The second kappa shape index (κ2) is 11.3. The largest absolute Gasteiger partial charge is 0.466 e. The first-order valence-electron chi connectivity index (χ1n) is 13.1. The number of amides is 2. The lowest BCUT2D eigenvalue weighted by Crippen LogP contribution is -2.59. The van der Waals surface area contributed by atoms with E-state index < -0.39 is 22.9 Å². The van der Waals surface area contributed by atoms with E-state index >= 15 is 0 Å². The maximum absolute atomic E-state index is 14.0. The number of piperidine rings is 1. The van der Waals surface area contributed by atoms with Gasteiger partial charge >= 0.3 is 5.97 Å². The second-order valence-electron chi connectivity index (χ2n) is 10.7. The Morgan fingerprint density at radius 1 is 1.21 bits per heavy atom. The maximum Gasteiger partial charge on any atom is 0.314 e. The van der Waals surface area contributed by atoms with E-state index in [4.69, 9.17) is 10.5 Å². The number of fused-ring (bicyclic) bond motifs is 1. The Morgan fingerprint density at radius 2 is 1.97 bits per heavy atom. The average Bonchev–Trinajstić information content (AvgIpc) is 3.31. The van der Waals surface area contributed by atoms with E-state index in [0.717, 1.165) is 22.2 Å². The highest BCUT2D eigenvalue weighted by Gasteiger charge is 2.46. The molecule has 4 N–H and O–H groups in total. The first-order valence-corrected chi connectivity index (χ1v) is 13.1. The number of carbonyl (C=O) groups excluding carboxylic acids is 3. The van der Waals surface area contributed by atoms with Crippen LogP contribution in [-0.4, -0.2) is 63.9 Å². The Morgan fingerprint density at radius 3 is 2.68 bits per heavy atom. The van der Waals surface area contributed by atoms with Crippen LogP contribution in [0.3, 0.4) is 0 Å². The molecule has 38 heavy (non-hydrogen) atoms. The fraction of sp³-hybridized carbons (Fsp3) is 0.448. The van der Waals surface area contributed by atoms with Crippen LogP contribution in [0.5, 0.6) is 0 Å². The molecule has 3 heterocycles. The van der Waals surface area contributed by atoms with Gasteiger partial charge < -0.3 is 25.7 Å². The number of aromatic amines is 1. The third-order valence-corrected chi connectivity index (χ3v) is 7.13. The first kappa shape index (κ1) is 27.3. The van der Waals surface area contributed by atoms with Crippen LogP contribution in [0, 0.1) is 5.41 Å². The van der Waals surface area contributed by atoms with Crippen molar-refractivity contribution in [2.45, 2.75) is 58.0 Å². The van der Waals surface area contributed by atoms with Crippen molar-refractivity contribution in [1.82, 2.24) is 20.2 Å². The van der Waals surface area contributed by atoms with E-state index in [1.165, 1.54) is 0 Å². The molecule has 2 aromatic heterocycles. The molecule has 2 amide bonds. The SMILES string of the molecule is CCOC(=O)C1(Cc2ccccn2)CCCN(C(=O)[C@@H](Cc2c[nH]c3ccccc23)NC(=O)C(C)(C)N)C1. The van der Waals surface area contributed by atoms with Crippen LogP contribution in [0.2, 0.25) is 0 Å². The van der Waals surface area contributed by atoms with Crippen LogP contribution < -0.4 is 11.1 Å². The summed E-state index contributed by atoms with van der Waals surface area (Å²) in [5.74, 6) is -0.997. The van der Waals surface area contributed by atoms with Crippen molar-refractivity contribution in [3.05, 3.63) is 66.1 Å². The number of likely N-dealkylation sites (tertiary alicyclic amines) is 1. The summed E-state index contributed by atoms with van der Waals surface area (Å²) in [6.07, 6.45) is 5.43. The number of H-pyrrole nitrogens is 1. The summed E-state index contributed by atoms with van der Waals surface area (Å²) < 4.78 is 5.49. The third-order valence-electron chi connectivity index (χ3n) is 7.13. The highest BCUT2D eigenvalue weighted by atomic mass is 16.5. The summed E-state index contributed by atoms with van der Waals surface area (Å²) in [7, 11) is 0. The van der Waals surface area contributed by atoms with Gasteiger partial charge in [-0.15, -0.1) is 0 Å². The molecule has 202 valence electrons. The molecule has 9 nitrogen and oxygen atoms in total. The van der Waals surface area contributed by atoms with Gasteiger partial charge in [0.1, 0.15) is 6.04 Å². The number of nitrogens with one attached hydrogen (secondary N) is 2. The Bertz CT molecular complexity index is 1280. The lowest BCUT2D eigenvalue weighted by molar-refractivity contribution is -0.161. The van der Waals surface area contributed by atoms with E-state index in [1.807, 2.05) is 48.7 Å². The molecular weight excluding hydrogens is 482 g/mol. The van der Waals surface area contributed by atoms with Crippen LogP contribution in [0.1, 0.15) is 44.9 Å². The van der Waals surface area contributed by atoms with Gasteiger partial charge in [-0.1, -0.05) is 24.3 Å². The van der Waals surface area contributed by atoms with Crippen molar-refractivity contribution in [1.29, 1.82) is 0 Å². The lowest BCUT2D eigenvalue weighted by atomic mass is 9.75. The lowest BCUT2D eigenvalue weighted by Gasteiger charge is -2.42. The van der Waals surface area contributed by atoms with Gasteiger partial charge in [-0.3, -0.25) is 19.4 Å². The molecular formula is C29H37N5O4. The van der Waals surface area contributed by atoms with Crippen LogP contribution in [0.15, 0.2) is 54.9 Å². The van der Waals surface area contributed by atoms with Gasteiger partial charge in [0.2, 0.25) is 11.8 Å². The minimum atomic E-state index is -1.16. The molecule has 1 aliphatic heterocycles. The van der Waals surface area contributed by atoms with E-state index in [-0.39, 0.29) is 31.4 Å². The number of ether oxygens (including phenoxy) is 1. The van der Waals surface area contributed by atoms with E-state index in [1.54, 1.807) is 31.9 Å². The Balaban J connectivity index is 1.63. The van der Waals surface area contributed by atoms with Gasteiger partial charge in [-0.2, -0.15) is 0 Å². The van der Waals surface area contributed by atoms with Crippen LogP contribution in [-0.2, 0) is 32.0 Å². The van der Waals surface area contributed by atoms with Gasteiger partial charge in [-0.05, 0) is 57.4 Å². The summed E-state index contributed by atoms with van der Waals surface area (Å²) in [6.45, 7) is 5.91. The number of benzene rings is 1. The summed E-state index contributed by atoms with van der Waals surface area (Å²) in [6, 6.07) is 12.6. The zero-order valence-electron chi connectivity index (χ0n) is 22.3. The Hall–Kier alpha value is -3.72. The number of para-hydroxylation sites is 1. The standard InChI is InChI=1S/C29H37N5O4/c1-4-38-27(37)29(17-21-10-7-8-14-31-21)13-9-15-34(19-29)25(35)24(33-26(36)28(2,3)30)16-20-18-32-23-12-6-5-11-22(20)23/h5-8,10-12,14,18,24,32H,4,9,13,15-17,19,30H2,1-3H3,(H,33,36)/t24-,29?/m1/s1. The molecule has 1 fully saturated rings. The zero-order valence-corrected chi connectivity index (χ0v) is 22.3. The fourth-order valence-corrected chi connectivity index (χ4v) is 5.12. The van der Waals surface area contributed by atoms with E-state index in [0.29, 0.717) is 25.8 Å². The Kier molecular flexibility index (Phi) is 8.16. The van der Waals surface area contributed by atoms with Crippen LogP contribution in [0.4, 0.5) is 0 Å². The monoisotopic (exact) mass is 519 g/mol. The summed E-state index contributed by atoms with van der Waals surface area (Å²) in [4.78, 5) is 49.6. The minimum absolute atomic E-state index is 0.188. The fourth-order valence-electron chi connectivity index (χ4n) is 5.12. The smallest absolute Gasteiger partial charge is 0.314 e. The van der Waals surface area contributed by atoms with E-state index in [2.05, 4.69) is 15.3 Å². The molecule has 4 rings (SSSR count). The quantitative estimate of drug-likeness (QED) is 0.373. The van der Waals surface area contributed by atoms with Gasteiger partial charge in [0, 0.05) is 54.9 Å². The predicted octanol–water partition coefficient (Wildman–Crippen LogP) is 2.74. The number of carbonyl (C=O) groups is 3. The van der Waals surface area contributed by atoms with Crippen molar-refractivity contribution < 1.29 is 19.1 Å². The average molecular weight is 520 g/mol. The summed E-state index contributed by atoms with van der Waals surface area (Å²) in [5, 5.41) is 3.88. The summed E-state index contributed by atoms with van der Waals surface area (Å²) >= 11 is 0. The van der Waals surface area contributed by atoms with Crippen LogP contribution in [0.25, 0.3) is 10.9 Å². The van der Waals surface area contributed by atoms with Crippen LogP contribution >= 0.6 is 0 Å². The number of hydrogen-bond donors (Lipinski definition) is 3. The maximum atomic E-state index is 14.0. The number of rotatable bonds is 9. The predicted molar refractivity (Wildman–Crippen MR) is 145 cm³/mol. The van der Waals surface area contributed by atoms with Gasteiger partial charge in [0.15, 0.2) is 0 Å². The molecule has 9 heteroatoms. The van der Waals surface area contributed by atoms with Gasteiger partial charge in [0.25, 0.3) is 0 Å². The number of esters is 1. The van der Waals surface area contributed by atoms with Crippen molar-refractivity contribution in [2.75, 3.05) is 19.7 Å². The highest BCUT2D eigenvalue weighted by Crippen LogP contribution is 2.35. The number of aromatic nitrogens is 2. The van der Waals surface area contributed by atoms with Crippen molar-refractivity contribution in [3.63, 3.8) is 0 Å². The number of nitrogens with zero attached hydrogens (tertiary/aromatic N) is 2. The molecule has 1 aromatic carbocycles. The number of nitrogens with two attached hydrogens (primary N) is 1. The third kappa shape index (κ3) is 6.05. The van der Waals surface area contributed by atoms with Crippen molar-refractivity contribution in [2.24, 2.45) is 11.1 Å². The molecule has 3 aromatic rings. The molecule has 1 aliphatic rings. The molecule has 0 saturated carbocycles. The van der Waals surface area contributed by atoms with Gasteiger partial charge in [0.05, 0.1) is 17.6 Å². The normalized spacial score (nSPS) is 18.7. The molecule has 0 spiro atoms. The first-order chi connectivity index (χ1) is 18.1. The van der Waals surface area contributed by atoms with Gasteiger partial charge in [-0.25, -0.2) is 0 Å². The number of hydrogen-bond acceptors (Lipinski definition) is 6. The van der Waals surface area contributed by atoms with Crippen molar-refractivity contribution >= 4 is 28.7 Å². The Labute approximate surface area is 223 Å². The molecule has 0 radical (unpaired) electrons. The molecule has 0 aliphatic carbocycles. The second-order valence-corrected chi connectivity index (χ2v) is 10.7. The minimum Gasteiger partial charge on any atom is -0.466 e. The molecule has 0 bridgehead atoms. The van der Waals surface area contributed by atoms with Crippen molar-refractivity contribution in [3.8, 4) is 0 Å².